The van der Waals surface area contributed by atoms with Gasteiger partial charge in [-0.3, -0.25) is 9.20 Å². The molecule has 0 radical (unpaired) electrons. The average molecular weight is 419 g/mol. The van der Waals surface area contributed by atoms with Crippen molar-refractivity contribution in [2.45, 2.75) is 26.7 Å². The maximum atomic E-state index is 13.3. The minimum Gasteiger partial charge on any atom is -0.368 e. The fourth-order valence-electron chi connectivity index (χ4n) is 4.85. The number of carbonyl (C=O) groups excluding carboxylic acids is 1. The Morgan fingerprint density at radius 3 is 2.45 bits per heavy atom. The molecule has 7 heteroatoms. The lowest BCUT2D eigenvalue weighted by Gasteiger charge is -2.39. The zero-order valence-corrected chi connectivity index (χ0v) is 18.4. The van der Waals surface area contributed by atoms with Crippen LogP contribution >= 0.6 is 0 Å². The largest absolute Gasteiger partial charge is 0.368 e. The summed E-state index contributed by atoms with van der Waals surface area (Å²) >= 11 is 0. The molecule has 5 rings (SSSR count). The molecule has 31 heavy (non-hydrogen) atoms. The molecule has 0 aliphatic carbocycles. The molecule has 0 unspecified atom stereocenters. The van der Waals surface area contributed by atoms with Crippen LogP contribution in [-0.2, 0) is 4.79 Å². The molecule has 0 bridgehead atoms. The number of anilines is 2. The van der Waals surface area contributed by atoms with Crippen molar-refractivity contribution in [3.8, 4) is 0 Å². The molecule has 0 N–H and O–H groups in total. The van der Waals surface area contributed by atoms with E-state index in [1.54, 1.807) is 0 Å². The van der Waals surface area contributed by atoms with Crippen LogP contribution in [0.1, 0.15) is 24.1 Å². The van der Waals surface area contributed by atoms with E-state index in [0.717, 1.165) is 62.9 Å². The highest BCUT2D eigenvalue weighted by atomic mass is 16.2. The third-order valence-electron chi connectivity index (χ3n) is 6.65. The Balaban J connectivity index is 1.24. The van der Waals surface area contributed by atoms with Crippen LogP contribution in [0.5, 0.6) is 0 Å². The van der Waals surface area contributed by atoms with Crippen LogP contribution < -0.4 is 9.80 Å². The summed E-state index contributed by atoms with van der Waals surface area (Å²) in [5, 5.41) is 8.77. The van der Waals surface area contributed by atoms with Crippen molar-refractivity contribution < 1.29 is 4.79 Å². The molecule has 2 saturated heterocycles. The van der Waals surface area contributed by atoms with Crippen LogP contribution in [0.15, 0.2) is 42.5 Å². The topological polar surface area (TPSA) is 57.0 Å². The monoisotopic (exact) mass is 418 g/mol. The lowest BCUT2D eigenvalue weighted by Crippen LogP contribution is -2.52. The van der Waals surface area contributed by atoms with Gasteiger partial charge in [-0.15, -0.1) is 10.2 Å². The quantitative estimate of drug-likeness (QED) is 0.655. The Morgan fingerprint density at radius 2 is 1.68 bits per heavy atom. The maximum absolute atomic E-state index is 13.3. The molecule has 2 fully saturated rings. The highest BCUT2D eigenvalue weighted by molar-refractivity contribution is 5.80. The van der Waals surface area contributed by atoms with Gasteiger partial charge in [0, 0.05) is 50.6 Å². The van der Waals surface area contributed by atoms with E-state index in [-0.39, 0.29) is 5.92 Å². The molecule has 162 valence electrons. The Labute approximate surface area is 183 Å². The van der Waals surface area contributed by atoms with Gasteiger partial charge in [0.2, 0.25) is 11.9 Å². The van der Waals surface area contributed by atoms with Crippen LogP contribution in [0.25, 0.3) is 5.65 Å². The number of aryl methyl sites for hydroxylation is 2. The first-order chi connectivity index (χ1) is 15.1. The van der Waals surface area contributed by atoms with Crippen molar-refractivity contribution >= 4 is 23.2 Å². The summed E-state index contributed by atoms with van der Waals surface area (Å²) in [6.45, 7) is 9.16. The molecule has 4 heterocycles. The number of rotatable bonds is 3. The van der Waals surface area contributed by atoms with Crippen LogP contribution in [0.2, 0.25) is 0 Å². The van der Waals surface area contributed by atoms with E-state index in [1.165, 1.54) is 11.3 Å². The Morgan fingerprint density at radius 1 is 0.903 bits per heavy atom. The van der Waals surface area contributed by atoms with Gasteiger partial charge in [0.15, 0.2) is 5.65 Å². The number of piperazine rings is 1. The first kappa shape index (κ1) is 19.8. The molecule has 1 atom stereocenters. The third kappa shape index (κ3) is 3.84. The molecular formula is C24H30N6O. The van der Waals surface area contributed by atoms with Crippen molar-refractivity contribution in [3.05, 3.63) is 53.7 Å². The number of hydrogen-bond acceptors (Lipinski definition) is 5. The fraction of sp³-hybridized carbons (Fsp3) is 0.458. The first-order valence-electron chi connectivity index (χ1n) is 11.3. The van der Waals surface area contributed by atoms with E-state index in [1.807, 2.05) is 12.1 Å². The number of hydrogen-bond donors (Lipinski definition) is 0. The summed E-state index contributed by atoms with van der Waals surface area (Å²) in [7, 11) is 0. The SMILES string of the molecule is Cc1ccc(N2CCN(C(=O)[C@H]3CCCN(c4nnc5cccc(C)n45)C3)CC2)cc1. The highest BCUT2D eigenvalue weighted by Gasteiger charge is 2.32. The molecule has 0 spiro atoms. The maximum Gasteiger partial charge on any atom is 0.231 e. The summed E-state index contributed by atoms with van der Waals surface area (Å²) in [4.78, 5) is 20.0. The van der Waals surface area contributed by atoms with Crippen LogP contribution in [-0.4, -0.2) is 64.7 Å². The summed E-state index contributed by atoms with van der Waals surface area (Å²) in [6, 6.07) is 14.7. The lowest BCUT2D eigenvalue weighted by atomic mass is 9.96. The summed E-state index contributed by atoms with van der Waals surface area (Å²) in [5.41, 5.74) is 4.49. The first-order valence-corrected chi connectivity index (χ1v) is 11.3. The van der Waals surface area contributed by atoms with Gasteiger partial charge in [0.05, 0.1) is 5.92 Å². The number of fused-ring (bicyclic) bond motifs is 1. The molecule has 1 aromatic carbocycles. The van der Waals surface area contributed by atoms with E-state index >= 15 is 0 Å². The predicted octanol–water partition coefficient (Wildman–Crippen LogP) is 2.91. The number of carbonyl (C=O) groups is 1. The second kappa shape index (κ2) is 8.21. The van der Waals surface area contributed by atoms with Gasteiger partial charge in [-0.1, -0.05) is 23.8 Å². The highest BCUT2D eigenvalue weighted by Crippen LogP contribution is 2.26. The van der Waals surface area contributed by atoms with E-state index in [9.17, 15) is 4.79 Å². The fourth-order valence-corrected chi connectivity index (χ4v) is 4.85. The van der Waals surface area contributed by atoms with Gasteiger partial charge in [0.1, 0.15) is 0 Å². The van der Waals surface area contributed by atoms with E-state index < -0.39 is 0 Å². The Bertz CT molecular complexity index is 1070. The molecule has 2 aliphatic heterocycles. The number of pyridine rings is 1. The second-order valence-corrected chi connectivity index (χ2v) is 8.79. The second-order valence-electron chi connectivity index (χ2n) is 8.79. The number of amides is 1. The molecular weight excluding hydrogens is 388 g/mol. The van der Waals surface area contributed by atoms with Crippen molar-refractivity contribution in [2.75, 3.05) is 49.1 Å². The Kier molecular flexibility index (Phi) is 5.26. The normalized spacial score (nSPS) is 19.8. The standard InChI is InChI=1S/C24H30N6O/c1-18-8-10-21(11-9-18)27-13-15-28(16-14-27)23(31)20-6-4-12-29(17-20)24-26-25-22-7-3-5-19(2)30(22)24/h3,5,7-11,20H,4,6,12-17H2,1-2H3/t20-/m0/s1. The third-order valence-corrected chi connectivity index (χ3v) is 6.65. The molecule has 3 aromatic rings. The smallest absolute Gasteiger partial charge is 0.231 e. The summed E-state index contributed by atoms with van der Waals surface area (Å²) in [6.07, 6.45) is 1.95. The van der Waals surface area contributed by atoms with Crippen molar-refractivity contribution in [3.63, 3.8) is 0 Å². The van der Waals surface area contributed by atoms with Gasteiger partial charge in [-0.05, 0) is 51.0 Å². The van der Waals surface area contributed by atoms with Gasteiger partial charge in [-0.2, -0.15) is 0 Å². The lowest BCUT2D eigenvalue weighted by molar-refractivity contribution is -0.136. The number of piperidine rings is 1. The van der Waals surface area contributed by atoms with Crippen LogP contribution in [0.4, 0.5) is 11.6 Å². The Hall–Kier alpha value is -3.09. The summed E-state index contributed by atoms with van der Waals surface area (Å²) in [5.74, 6) is 1.17. The van der Waals surface area contributed by atoms with Gasteiger partial charge in [-0.25, -0.2) is 0 Å². The number of aromatic nitrogens is 3. The summed E-state index contributed by atoms with van der Waals surface area (Å²) < 4.78 is 2.09. The van der Waals surface area contributed by atoms with Gasteiger partial charge < -0.3 is 14.7 Å². The van der Waals surface area contributed by atoms with E-state index in [4.69, 9.17) is 0 Å². The van der Waals surface area contributed by atoms with Crippen LogP contribution in [0, 0.1) is 19.8 Å². The zero-order chi connectivity index (χ0) is 21.4. The van der Waals surface area contributed by atoms with Gasteiger partial charge in [0.25, 0.3) is 0 Å². The van der Waals surface area contributed by atoms with Gasteiger partial charge >= 0.3 is 0 Å². The van der Waals surface area contributed by atoms with E-state index in [0.29, 0.717) is 12.5 Å². The number of nitrogens with zero attached hydrogens (tertiary/aromatic N) is 6. The zero-order valence-electron chi connectivity index (χ0n) is 18.4. The molecule has 2 aliphatic rings. The predicted molar refractivity (Wildman–Crippen MR) is 123 cm³/mol. The molecule has 7 nitrogen and oxygen atoms in total. The molecule has 0 saturated carbocycles. The minimum absolute atomic E-state index is 0.0241. The molecule has 2 aromatic heterocycles. The van der Waals surface area contributed by atoms with Crippen molar-refractivity contribution in [1.82, 2.24) is 19.5 Å². The molecule has 1 amide bonds. The van der Waals surface area contributed by atoms with Crippen molar-refractivity contribution in [2.24, 2.45) is 5.92 Å². The minimum atomic E-state index is 0.0241. The van der Waals surface area contributed by atoms with E-state index in [2.05, 4.69) is 73.5 Å². The average Bonchev–Trinajstić information content (AvgIpc) is 3.25. The number of benzene rings is 1. The van der Waals surface area contributed by atoms with Crippen molar-refractivity contribution in [1.29, 1.82) is 0 Å². The van der Waals surface area contributed by atoms with Crippen LogP contribution in [0.3, 0.4) is 0 Å².